The van der Waals surface area contributed by atoms with E-state index in [1.54, 1.807) is 6.33 Å². The van der Waals surface area contributed by atoms with Gasteiger partial charge in [-0.3, -0.25) is 0 Å². The Labute approximate surface area is 125 Å². The van der Waals surface area contributed by atoms with E-state index in [9.17, 15) is 0 Å². The van der Waals surface area contributed by atoms with Crippen molar-refractivity contribution in [3.63, 3.8) is 0 Å². The molecule has 4 nitrogen and oxygen atoms in total. The Morgan fingerprint density at radius 1 is 1.14 bits per heavy atom. The molecule has 3 saturated carbocycles. The molecule has 1 N–H and O–H groups in total. The molecule has 0 aliphatic heterocycles. The van der Waals surface area contributed by atoms with Crippen molar-refractivity contribution in [1.29, 1.82) is 0 Å². The zero-order chi connectivity index (χ0) is 14.0. The van der Waals surface area contributed by atoms with Gasteiger partial charge in [0, 0.05) is 19.3 Å². The van der Waals surface area contributed by atoms with Crippen LogP contribution in [-0.4, -0.2) is 28.0 Å². The van der Waals surface area contributed by atoms with Gasteiger partial charge in [-0.15, -0.1) is 0 Å². The molecule has 0 radical (unpaired) electrons. The van der Waals surface area contributed by atoms with Crippen LogP contribution in [0.1, 0.15) is 32.1 Å². The van der Waals surface area contributed by atoms with Crippen LogP contribution in [0.25, 0.3) is 11.0 Å². The Bertz CT molecular complexity index is 678. The lowest BCUT2D eigenvalue weighted by atomic mass is 9.78. The maximum absolute atomic E-state index is 4.59. The monoisotopic (exact) mass is 282 g/mol. The number of nitrogens with zero attached hydrogens (tertiary/aromatic N) is 3. The molecule has 4 heteroatoms. The van der Waals surface area contributed by atoms with Gasteiger partial charge in [0.15, 0.2) is 0 Å². The second kappa shape index (κ2) is 4.21. The van der Waals surface area contributed by atoms with Gasteiger partial charge in [-0.25, -0.2) is 9.97 Å². The molecule has 110 valence electrons. The largest absolute Gasteiger partial charge is 0.356 e. The Kier molecular flexibility index (Phi) is 2.41. The van der Waals surface area contributed by atoms with Crippen molar-refractivity contribution >= 4 is 16.9 Å². The fourth-order valence-corrected chi connectivity index (χ4v) is 5.77. The zero-order valence-electron chi connectivity index (χ0n) is 12.5. The van der Waals surface area contributed by atoms with Crippen LogP contribution >= 0.6 is 0 Å². The minimum absolute atomic E-state index is 0.683. The minimum Gasteiger partial charge on any atom is -0.356 e. The zero-order valence-corrected chi connectivity index (χ0v) is 12.5. The summed E-state index contributed by atoms with van der Waals surface area (Å²) in [7, 11) is 2.24. The third kappa shape index (κ3) is 1.56. The minimum atomic E-state index is 0.683. The van der Waals surface area contributed by atoms with Gasteiger partial charge in [0.1, 0.15) is 17.8 Å². The van der Waals surface area contributed by atoms with Gasteiger partial charge in [0.05, 0.1) is 5.39 Å². The van der Waals surface area contributed by atoms with E-state index in [-0.39, 0.29) is 0 Å². The Morgan fingerprint density at radius 3 is 3.00 bits per heavy atom. The second-order valence-corrected chi connectivity index (χ2v) is 7.27. The molecule has 5 atom stereocenters. The molecule has 0 aromatic carbocycles. The van der Waals surface area contributed by atoms with Crippen molar-refractivity contribution in [3.05, 3.63) is 18.6 Å². The van der Waals surface area contributed by atoms with E-state index in [2.05, 4.69) is 33.0 Å². The van der Waals surface area contributed by atoms with Crippen molar-refractivity contribution in [1.82, 2.24) is 15.0 Å². The van der Waals surface area contributed by atoms with Crippen LogP contribution < -0.4 is 4.90 Å². The highest BCUT2D eigenvalue weighted by atomic mass is 15.2. The highest BCUT2D eigenvalue weighted by molar-refractivity contribution is 5.87. The summed E-state index contributed by atoms with van der Waals surface area (Å²) >= 11 is 0. The standard InChI is InChI=1S/C17H22N4/c1-21(17-13-5-6-18-16(13)19-9-20-17)15-8-10-7-14(15)12-4-2-3-11(10)12/h5-6,9-12,14-15H,2-4,7-8H2,1H3,(H,18,19,20). The molecule has 0 spiro atoms. The molecule has 2 bridgehead atoms. The summed E-state index contributed by atoms with van der Waals surface area (Å²) in [5.74, 6) is 5.04. The molecule has 21 heavy (non-hydrogen) atoms. The van der Waals surface area contributed by atoms with Crippen LogP contribution in [0.5, 0.6) is 0 Å². The number of fused-ring (bicyclic) bond motifs is 6. The number of anilines is 1. The van der Waals surface area contributed by atoms with E-state index in [4.69, 9.17) is 0 Å². The van der Waals surface area contributed by atoms with E-state index in [0.29, 0.717) is 6.04 Å². The molecular weight excluding hydrogens is 260 g/mol. The van der Waals surface area contributed by atoms with Crippen molar-refractivity contribution in [2.45, 2.75) is 38.1 Å². The lowest BCUT2D eigenvalue weighted by Gasteiger charge is -2.38. The summed E-state index contributed by atoms with van der Waals surface area (Å²) in [5.41, 5.74) is 0.953. The van der Waals surface area contributed by atoms with Crippen LogP contribution in [0.4, 0.5) is 5.82 Å². The van der Waals surface area contributed by atoms with Gasteiger partial charge in [0.25, 0.3) is 0 Å². The van der Waals surface area contributed by atoms with Crippen molar-refractivity contribution in [2.24, 2.45) is 23.7 Å². The molecular formula is C17H22N4. The Morgan fingerprint density at radius 2 is 2.05 bits per heavy atom. The van der Waals surface area contributed by atoms with Crippen molar-refractivity contribution in [3.8, 4) is 0 Å². The molecule has 3 fully saturated rings. The number of hydrogen-bond acceptors (Lipinski definition) is 3. The smallest absolute Gasteiger partial charge is 0.142 e. The number of rotatable bonds is 2. The first-order valence-electron chi connectivity index (χ1n) is 8.34. The lowest BCUT2D eigenvalue weighted by molar-refractivity contribution is 0.229. The number of hydrogen-bond donors (Lipinski definition) is 1. The number of nitrogens with one attached hydrogen (secondary N) is 1. The van der Waals surface area contributed by atoms with Gasteiger partial charge in [-0.2, -0.15) is 0 Å². The summed E-state index contributed by atoms with van der Waals surface area (Å²) in [6, 6.07) is 2.79. The van der Waals surface area contributed by atoms with Crippen molar-refractivity contribution < 1.29 is 0 Å². The highest BCUT2D eigenvalue weighted by Crippen LogP contribution is 2.59. The summed E-state index contributed by atoms with van der Waals surface area (Å²) in [6.45, 7) is 0. The highest BCUT2D eigenvalue weighted by Gasteiger charge is 2.54. The summed E-state index contributed by atoms with van der Waals surface area (Å²) in [4.78, 5) is 14.6. The molecule has 0 amide bonds. The average Bonchev–Trinajstić information content (AvgIpc) is 3.24. The van der Waals surface area contributed by atoms with Gasteiger partial charge < -0.3 is 9.88 Å². The Balaban J connectivity index is 1.50. The van der Waals surface area contributed by atoms with E-state index in [0.717, 1.165) is 40.5 Å². The molecule has 2 aromatic heterocycles. The van der Waals surface area contributed by atoms with Gasteiger partial charge in [-0.1, -0.05) is 6.42 Å². The van der Waals surface area contributed by atoms with E-state index >= 15 is 0 Å². The molecule has 0 saturated heterocycles. The maximum Gasteiger partial charge on any atom is 0.142 e. The number of aromatic nitrogens is 3. The first kappa shape index (κ1) is 12.0. The number of aromatic amines is 1. The number of H-pyrrole nitrogens is 1. The summed E-state index contributed by atoms with van der Waals surface area (Å²) < 4.78 is 0. The molecule has 5 rings (SSSR count). The van der Waals surface area contributed by atoms with Crippen molar-refractivity contribution in [2.75, 3.05) is 11.9 Å². The molecule has 2 heterocycles. The molecule has 3 aliphatic rings. The quantitative estimate of drug-likeness (QED) is 0.920. The fraction of sp³-hybridized carbons (Fsp3) is 0.647. The maximum atomic E-state index is 4.59. The van der Waals surface area contributed by atoms with E-state index < -0.39 is 0 Å². The second-order valence-electron chi connectivity index (χ2n) is 7.27. The topological polar surface area (TPSA) is 44.8 Å². The van der Waals surface area contributed by atoms with Gasteiger partial charge in [0.2, 0.25) is 0 Å². The summed E-state index contributed by atoms with van der Waals surface area (Å²) in [6.07, 6.45) is 10.9. The van der Waals surface area contributed by atoms with E-state index in [1.165, 1.54) is 32.1 Å². The van der Waals surface area contributed by atoms with Crippen LogP contribution in [-0.2, 0) is 0 Å². The van der Waals surface area contributed by atoms with Gasteiger partial charge in [-0.05, 0) is 55.4 Å². The predicted molar refractivity (Wildman–Crippen MR) is 83.1 cm³/mol. The molecule has 5 unspecified atom stereocenters. The van der Waals surface area contributed by atoms with Crippen LogP contribution in [0, 0.1) is 23.7 Å². The average molecular weight is 282 g/mol. The fourth-order valence-electron chi connectivity index (χ4n) is 5.77. The van der Waals surface area contributed by atoms with E-state index in [1.807, 2.05) is 6.20 Å². The SMILES string of the molecule is CN(c1ncnc2[nH]ccc12)C1CC2CC1C1CCCC21. The normalized spacial score (nSPS) is 37.3. The van der Waals surface area contributed by atoms with Crippen LogP contribution in [0.2, 0.25) is 0 Å². The lowest BCUT2D eigenvalue weighted by Crippen LogP contribution is -2.41. The predicted octanol–water partition coefficient (Wildman–Crippen LogP) is 3.22. The van der Waals surface area contributed by atoms with Crippen LogP contribution in [0.15, 0.2) is 18.6 Å². The molecule has 3 aliphatic carbocycles. The molecule has 2 aromatic rings. The third-order valence-corrected chi connectivity index (χ3v) is 6.56. The van der Waals surface area contributed by atoms with Crippen LogP contribution in [0.3, 0.4) is 0 Å². The Hall–Kier alpha value is -1.58. The first-order valence-corrected chi connectivity index (χ1v) is 8.34. The first-order chi connectivity index (χ1) is 10.3. The third-order valence-electron chi connectivity index (χ3n) is 6.56. The van der Waals surface area contributed by atoms with Gasteiger partial charge >= 0.3 is 0 Å². The summed E-state index contributed by atoms with van der Waals surface area (Å²) in [5, 5.41) is 1.16.